The zero-order valence-corrected chi connectivity index (χ0v) is 17.6. The standard InChI is InChI=1S/C23H19ClF3N3O2/c24-18-7-8-19(17-2-1-11-28-20(17)18)29-21(31)14-9-12-30(13-10-14)22(32)15-3-5-16(6-4-15)23(25,26)27/h1-8,11,14H,9-10,12-13H2,(H,29,31). The summed E-state index contributed by atoms with van der Waals surface area (Å²) >= 11 is 6.17. The summed E-state index contributed by atoms with van der Waals surface area (Å²) < 4.78 is 38.1. The largest absolute Gasteiger partial charge is 0.416 e. The number of alkyl halides is 3. The van der Waals surface area contributed by atoms with Gasteiger partial charge in [-0.15, -0.1) is 0 Å². The molecular weight excluding hydrogens is 443 g/mol. The molecule has 1 N–H and O–H groups in total. The maximum Gasteiger partial charge on any atom is 0.416 e. The molecule has 0 aliphatic carbocycles. The fourth-order valence-electron chi connectivity index (χ4n) is 3.81. The average Bonchev–Trinajstić information content (AvgIpc) is 2.80. The molecule has 2 amide bonds. The first kappa shape index (κ1) is 22.1. The molecule has 3 aromatic rings. The predicted molar refractivity (Wildman–Crippen MR) is 115 cm³/mol. The molecule has 0 spiro atoms. The Morgan fingerprint density at radius 3 is 2.38 bits per heavy atom. The molecule has 166 valence electrons. The van der Waals surface area contributed by atoms with Crippen LogP contribution in [0.5, 0.6) is 0 Å². The van der Waals surface area contributed by atoms with Crippen molar-refractivity contribution in [3.8, 4) is 0 Å². The van der Waals surface area contributed by atoms with E-state index in [0.717, 1.165) is 17.5 Å². The van der Waals surface area contributed by atoms with Crippen LogP contribution in [0.4, 0.5) is 18.9 Å². The minimum Gasteiger partial charge on any atom is -0.339 e. The third kappa shape index (κ3) is 4.55. The van der Waals surface area contributed by atoms with Gasteiger partial charge in [-0.25, -0.2) is 0 Å². The van der Waals surface area contributed by atoms with Crippen LogP contribution in [0, 0.1) is 5.92 Å². The molecule has 1 aromatic heterocycles. The van der Waals surface area contributed by atoms with E-state index in [9.17, 15) is 22.8 Å². The van der Waals surface area contributed by atoms with Crippen molar-refractivity contribution >= 4 is 40.0 Å². The third-order valence-corrected chi connectivity index (χ3v) is 5.90. The Morgan fingerprint density at radius 1 is 1.03 bits per heavy atom. The first-order chi connectivity index (χ1) is 15.2. The van der Waals surface area contributed by atoms with Crippen LogP contribution in [0.3, 0.4) is 0 Å². The van der Waals surface area contributed by atoms with Gasteiger partial charge in [0.25, 0.3) is 5.91 Å². The number of hydrogen-bond acceptors (Lipinski definition) is 3. The molecule has 9 heteroatoms. The third-order valence-electron chi connectivity index (χ3n) is 5.59. The summed E-state index contributed by atoms with van der Waals surface area (Å²) in [5.41, 5.74) is 0.616. The molecule has 32 heavy (non-hydrogen) atoms. The summed E-state index contributed by atoms with van der Waals surface area (Å²) in [6, 6.07) is 11.2. The molecule has 1 fully saturated rings. The van der Waals surface area contributed by atoms with Gasteiger partial charge in [-0.3, -0.25) is 14.6 Å². The van der Waals surface area contributed by atoms with E-state index in [1.54, 1.807) is 29.3 Å². The highest BCUT2D eigenvalue weighted by molar-refractivity contribution is 6.35. The van der Waals surface area contributed by atoms with Crippen LogP contribution in [0.15, 0.2) is 54.7 Å². The number of nitrogens with one attached hydrogen (secondary N) is 1. The minimum atomic E-state index is -4.45. The Morgan fingerprint density at radius 2 is 1.72 bits per heavy atom. The number of fused-ring (bicyclic) bond motifs is 1. The van der Waals surface area contributed by atoms with Crippen molar-refractivity contribution in [2.45, 2.75) is 19.0 Å². The van der Waals surface area contributed by atoms with Gasteiger partial charge < -0.3 is 10.2 Å². The van der Waals surface area contributed by atoms with E-state index < -0.39 is 11.7 Å². The lowest BCUT2D eigenvalue weighted by Gasteiger charge is -2.31. The van der Waals surface area contributed by atoms with Crippen LogP contribution >= 0.6 is 11.6 Å². The lowest BCUT2D eigenvalue weighted by molar-refractivity contribution is -0.137. The molecule has 0 atom stereocenters. The fourth-order valence-corrected chi connectivity index (χ4v) is 4.02. The normalized spacial score (nSPS) is 15.1. The Labute approximate surface area is 187 Å². The van der Waals surface area contributed by atoms with Gasteiger partial charge in [0.05, 0.1) is 21.8 Å². The minimum absolute atomic E-state index is 0.154. The number of halogens is 4. The molecule has 1 aliphatic rings. The first-order valence-electron chi connectivity index (χ1n) is 10.0. The molecule has 0 bridgehead atoms. The summed E-state index contributed by atoms with van der Waals surface area (Å²) in [4.78, 5) is 31.2. The van der Waals surface area contributed by atoms with Crippen LogP contribution < -0.4 is 5.32 Å². The van der Waals surface area contributed by atoms with Crippen LogP contribution in [-0.2, 0) is 11.0 Å². The Hall–Kier alpha value is -3.13. The topological polar surface area (TPSA) is 62.3 Å². The predicted octanol–water partition coefficient (Wildman–Crippen LogP) is 5.40. The van der Waals surface area contributed by atoms with Crippen molar-refractivity contribution < 1.29 is 22.8 Å². The van der Waals surface area contributed by atoms with Gasteiger partial charge in [0.2, 0.25) is 5.91 Å². The van der Waals surface area contributed by atoms with Gasteiger partial charge >= 0.3 is 6.18 Å². The number of likely N-dealkylation sites (tertiary alicyclic amines) is 1. The number of pyridine rings is 1. The quantitative estimate of drug-likeness (QED) is 0.568. The van der Waals surface area contributed by atoms with Gasteiger partial charge in [-0.2, -0.15) is 13.2 Å². The summed E-state index contributed by atoms with van der Waals surface area (Å²) in [7, 11) is 0. The highest BCUT2D eigenvalue weighted by atomic mass is 35.5. The number of aromatic nitrogens is 1. The summed E-state index contributed by atoms with van der Waals surface area (Å²) in [5.74, 6) is -0.777. The Bertz CT molecular complexity index is 1160. The second-order valence-corrected chi connectivity index (χ2v) is 8.03. The zero-order chi connectivity index (χ0) is 22.9. The van der Waals surface area contributed by atoms with Crippen LogP contribution in [0.2, 0.25) is 5.02 Å². The molecule has 1 aliphatic heterocycles. The molecule has 2 heterocycles. The zero-order valence-electron chi connectivity index (χ0n) is 16.8. The van der Waals surface area contributed by atoms with Gasteiger partial charge in [0.1, 0.15) is 0 Å². The lowest BCUT2D eigenvalue weighted by atomic mass is 9.95. The van der Waals surface area contributed by atoms with E-state index in [-0.39, 0.29) is 23.3 Å². The number of anilines is 1. The number of amides is 2. The molecule has 4 rings (SSSR count). The highest BCUT2D eigenvalue weighted by Gasteiger charge is 2.31. The average molecular weight is 462 g/mol. The van der Waals surface area contributed by atoms with Crippen molar-refractivity contribution in [3.05, 3.63) is 70.9 Å². The van der Waals surface area contributed by atoms with Gasteiger partial charge in [-0.1, -0.05) is 11.6 Å². The smallest absolute Gasteiger partial charge is 0.339 e. The summed E-state index contributed by atoms with van der Waals surface area (Å²) in [6.45, 7) is 0.696. The fraction of sp³-hybridized carbons (Fsp3) is 0.261. The van der Waals surface area contributed by atoms with E-state index in [0.29, 0.717) is 42.2 Å². The van der Waals surface area contributed by atoms with Crippen molar-refractivity contribution in [2.24, 2.45) is 5.92 Å². The number of carbonyl (C=O) groups excluding carboxylic acids is 2. The summed E-state index contributed by atoms with van der Waals surface area (Å²) in [5, 5.41) is 4.16. The van der Waals surface area contributed by atoms with Gasteiger partial charge in [0.15, 0.2) is 0 Å². The maximum absolute atomic E-state index is 12.8. The molecule has 0 radical (unpaired) electrons. The highest BCUT2D eigenvalue weighted by Crippen LogP contribution is 2.31. The number of hydrogen-bond donors (Lipinski definition) is 1. The number of carbonyl (C=O) groups is 2. The SMILES string of the molecule is O=C(Nc1ccc(Cl)c2ncccc12)C1CCN(C(=O)c2ccc(C(F)(F)F)cc2)CC1. The number of nitrogens with zero attached hydrogens (tertiary/aromatic N) is 2. The molecular formula is C23H19ClF3N3O2. The summed E-state index contributed by atoms with van der Waals surface area (Å²) in [6.07, 6.45) is -1.90. The number of benzene rings is 2. The second-order valence-electron chi connectivity index (χ2n) is 7.63. The number of piperidine rings is 1. The van der Waals surface area contributed by atoms with Crippen molar-refractivity contribution in [3.63, 3.8) is 0 Å². The Kier molecular flexibility index (Phi) is 6.06. The number of rotatable bonds is 3. The van der Waals surface area contributed by atoms with Crippen molar-refractivity contribution in [1.29, 1.82) is 0 Å². The second kappa shape index (κ2) is 8.78. The first-order valence-corrected chi connectivity index (χ1v) is 10.4. The van der Waals surface area contributed by atoms with Crippen molar-refractivity contribution in [1.82, 2.24) is 9.88 Å². The molecule has 0 unspecified atom stereocenters. The molecule has 2 aromatic carbocycles. The molecule has 1 saturated heterocycles. The van der Waals surface area contributed by atoms with E-state index in [4.69, 9.17) is 11.6 Å². The van der Waals surface area contributed by atoms with Gasteiger partial charge in [-0.05, 0) is 61.4 Å². The van der Waals surface area contributed by atoms with E-state index in [2.05, 4.69) is 10.3 Å². The maximum atomic E-state index is 12.8. The van der Waals surface area contributed by atoms with Crippen LogP contribution in [0.25, 0.3) is 10.9 Å². The molecule has 0 saturated carbocycles. The van der Waals surface area contributed by atoms with Gasteiger partial charge in [0, 0.05) is 36.2 Å². The van der Waals surface area contributed by atoms with Crippen LogP contribution in [0.1, 0.15) is 28.8 Å². The monoisotopic (exact) mass is 461 g/mol. The lowest BCUT2D eigenvalue weighted by Crippen LogP contribution is -2.41. The Balaban J connectivity index is 1.38. The van der Waals surface area contributed by atoms with Crippen molar-refractivity contribution in [2.75, 3.05) is 18.4 Å². The van der Waals surface area contributed by atoms with E-state index in [1.807, 2.05) is 6.07 Å². The molecule has 5 nitrogen and oxygen atoms in total. The van der Waals surface area contributed by atoms with E-state index in [1.165, 1.54) is 12.1 Å². The van der Waals surface area contributed by atoms with E-state index >= 15 is 0 Å². The van der Waals surface area contributed by atoms with Crippen LogP contribution in [-0.4, -0.2) is 34.8 Å².